The minimum absolute atomic E-state index is 0.269. The van der Waals surface area contributed by atoms with Crippen LogP contribution in [0.2, 0.25) is 0 Å². The molecule has 0 aromatic carbocycles. The highest BCUT2D eigenvalue weighted by Crippen LogP contribution is 2.05. The molecule has 1 rings (SSSR count). The Morgan fingerprint density at radius 1 is 1.12 bits per heavy atom. The summed E-state index contributed by atoms with van der Waals surface area (Å²) in [6.07, 6.45) is 1.17. The van der Waals surface area contributed by atoms with Crippen LogP contribution in [0.4, 0.5) is 0 Å². The van der Waals surface area contributed by atoms with Gasteiger partial charge < -0.3 is 10.0 Å². The molecule has 0 amide bonds. The molecule has 1 saturated heterocycles. The average molecular weight is 243 g/mol. The molecule has 1 aliphatic heterocycles. The van der Waals surface area contributed by atoms with Crippen LogP contribution in [-0.4, -0.2) is 72.3 Å². The largest absolute Gasteiger partial charge is 0.395 e. The van der Waals surface area contributed by atoms with E-state index in [1.165, 1.54) is 6.42 Å². The number of thioether (sulfide) groups is 1. The molecule has 0 radical (unpaired) electrons. The number of β-amino-alcohol motifs (C(OH)–C–C–N with tert-alkyl or cyclic N) is 1. The number of rotatable bonds is 7. The van der Waals surface area contributed by atoms with E-state index in [1.807, 2.05) is 0 Å². The van der Waals surface area contributed by atoms with Gasteiger partial charge in [0.1, 0.15) is 0 Å². The molecule has 5 heteroatoms. The topological polar surface area (TPSA) is 50.5 Å². The lowest BCUT2D eigenvalue weighted by atomic mass is 10.3. The van der Waals surface area contributed by atoms with Crippen molar-refractivity contribution in [3.63, 3.8) is 0 Å². The van der Waals surface area contributed by atoms with E-state index in [2.05, 4.69) is 15.9 Å². The Bertz CT molecular complexity index is 212. The fourth-order valence-electron chi connectivity index (χ4n) is 1.89. The second-order valence-corrected chi connectivity index (χ2v) is 5.08. The molecule has 92 valence electrons. The molecule has 16 heavy (non-hydrogen) atoms. The molecule has 0 aromatic rings. The monoisotopic (exact) mass is 243 g/mol. The van der Waals surface area contributed by atoms with Crippen molar-refractivity contribution < 1.29 is 5.11 Å². The van der Waals surface area contributed by atoms with Crippen molar-refractivity contribution in [2.24, 2.45) is 0 Å². The van der Waals surface area contributed by atoms with Crippen LogP contribution < -0.4 is 0 Å². The van der Waals surface area contributed by atoms with Crippen LogP contribution in [0.3, 0.4) is 0 Å². The maximum atomic E-state index is 8.82. The number of hydrogen-bond acceptors (Lipinski definition) is 5. The zero-order chi connectivity index (χ0) is 11.6. The summed E-state index contributed by atoms with van der Waals surface area (Å²) in [4.78, 5) is 4.78. The Hall–Kier alpha value is -0.280. The second-order valence-electron chi connectivity index (χ2n) is 3.97. The SMILES string of the molecule is N#CCSCCCN1CCN(CCO)CC1. The van der Waals surface area contributed by atoms with Gasteiger partial charge in [-0.3, -0.25) is 4.90 Å². The van der Waals surface area contributed by atoms with E-state index in [1.54, 1.807) is 11.8 Å². The maximum absolute atomic E-state index is 8.82. The van der Waals surface area contributed by atoms with Crippen LogP contribution >= 0.6 is 11.8 Å². The van der Waals surface area contributed by atoms with Gasteiger partial charge in [0, 0.05) is 32.7 Å². The highest BCUT2D eigenvalue weighted by Gasteiger charge is 2.15. The molecule has 1 aliphatic rings. The first-order chi connectivity index (χ1) is 7.86. The quantitative estimate of drug-likeness (QED) is 0.649. The van der Waals surface area contributed by atoms with Gasteiger partial charge in [0.2, 0.25) is 0 Å². The molecular weight excluding hydrogens is 222 g/mol. The van der Waals surface area contributed by atoms with Crippen molar-refractivity contribution in [2.75, 3.05) is 57.4 Å². The number of aliphatic hydroxyl groups is 1. The molecule has 1 heterocycles. The predicted octanol–water partition coefficient (Wildman–Crippen LogP) is 0.243. The first-order valence-electron chi connectivity index (χ1n) is 5.87. The average Bonchev–Trinajstić information content (AvgIpc) is 2.31. The maximum Gasteiger partial charge on any atom is 0.0808 e. The van der Waals surface area contributed by atoms with Gasteiger partial charge >= 0.3 is 0 Å². The van der Waals surface area contributed by atoms with Crippen molar-refractivity contribution in [3.8, 4) is 6.07 Å². The zero-order valence-electron chi connectivity index (χ0n) is 9.77. The summed E-state index contributed by atoms with van der Waals surface area (Å²) in [5.74, 6) is 1.70. The van der Waals surface area contributed by atoms with Gasteiger partial charge in [0.15, 0.2) is 0 Å². The molecule has 0 atom stereocenters. The second kappa shape index (κ2) is 8.82. The van der Waals surface area contributed by atoms with E-state index >= 15 is 0 Å². The molecule has 0 aliphatic carbocycles. The van der Waals surface area contributed by atoms with E-state index in [0.29, 0.717) is 5.75 Å². The Balaban J connectivity index is 1.98. The summed E-state index contributed by atoms with van der Waals surface area (Å²) >= 11 is 1.72. The number of hydrogen-bond donors (Lipinski definition) is 1. The first kappa shape index (κ1) is 13.8. The van der Waals surface area contributed by atoms with Crippen LogP contribution in [0.5, 0.6) is 0 Å². The van der Waals surface area contributed by atoms with Gasteiger partial charge in [-0.1, -0.05) is 0 Å². The summed E-state index contributed by atoms with van der Waals surface area (Å²) in [5, 5.41) is 17.2. The predicted molar refractivity (Wildman–Crippen MR) is 67.5 cm³/mol. The fraction of sp³-hybridized carbons (Fsp3) is 0.909. The smallest absolute Gasteiger partial charge is 0.0808 e. The summed E-state index contributed by atoms with van der Waals surface area (Å²) < 4.78 is 0. The lowest BCUT2D eigenvalue weighted by molar-refractivity contribution is 0.113. The molecular formula is C11H21N3OS. The Kier molecular flexibility index (Phi) is 7.60. The molecule has 0 bridgehead atoms. The molecule has 1 N–H and O–H groups in total. The van der Waals surface area contributed by atoms with Crippen LogP contribution in [-0.2, 0) is 0 Å². The van der Waals surface area contributed by atoms with Gasteiger partial charge in [0.05, 0.1) is 18.4 Å². The van der Waals surface area contributed by atoms with E-state index in [-0.39, 0.29) is 6.61 Å². The number of piperazine rings is 1. The van der Waals surface area contributed by atoms with Crippen molar-refractivity contribution in [1.29, 1.82) is 5.26 Å². The third-order valence-corrected chi connectivity index (χ3v) is 3.72. The highest BCUT2D eigenvalue weighted by atomic mass is 32.2. The standard InChI is InChI=1S/C11H21N3OS/c12-2-11-16-10-1-3-13-4-6-14(7-5-13)8-9-15/h15H,1,3-11H2. The van der Waals surface area contributed by atoms with Crippen molar-refractivity contribution in [2.45, 2.75) is 6.42 Å². The van der Waals surface area contributed by atoms with Gasteiger partial charge in [-0.05, 0) is 18.7 Å². The molecule has 1 fully saturated rings. The number of nitrogens with zero attached hydrogens (tertiary/aromatic N) is 3. The minimum atomic E-state index is 0.269. The van der Waals surface area contributed by atoms with E-state index in [0.717, 1.165) is 45.0 Å². The van der Waals surface area contributed by atoms with Crippen LogP contribution in [0.25, 0.3) is 0 Å². The lowest BCUT2D eigenvalue weighted by Crippen LogP contribution is -2.47. The Morgan fingerprint density at radius 2 is 1.75 bits per heavy atom. The Labute approximate surface area is 102 Å². The third-order valence-electron chi connectivity index (χ3n) is 2.81. The van der Waals surface area contributed by atoms with Gasteiger partial charge in [-0.15, -0.1) is 11.8 Å². The summed E-state index contributed by atoms with van der Waals surface area (Å²) in [6.45, 7) is 6.60. The van der Waals surface area contributed by atoms with Crippen molar-refractivity contribution in [3.05, 3.63) is 0 Å². The summed E-state index contributed by atoms with van der Waals surface area (Å²) in [7, 11) is 0. The van der Waals surface area contributed by atoms with E-state index in [9.17, 15) is 0 Å². The van der Waals surface area contributed by atoms with E-state index < -0.39 is 0 Å². The molecule has 0 aromatic heterocycles. The van der Waals surface area contributed by atoms with Crippen molar-refractivity contribution >= 4 is 11.8 Å². The number of nitriles is 1. The van der Waals surface area contributed by atoms with Crippen LogP contribution in [0.1, 0.15) is 6.42 Å². The fourth-order valence-corrected chi connectivity index (χ4v) is 2.45. The normalized spacial score (nSPS) is 18.5. The van der Waals surface area contributed by atoms with Gasteiger partial charge in [0.25, 0.3) is 0 Å². The summed E-state index contributed by atoms with van der Waals surface area (Å²) in [5.41, 5.74) is 0. The van der Waals surface area contributed by atoms with Crippen LogP contribution in [0, 0.1) is 11.3 Å². The van der Waals surface area contributed by atoms with E-state index in [4.69, 9.17) is 10.4 Å². The highest BCUT2D eigenvalue weighted by molar-refractivity contribution is 7.99. The number of aliphatic hydroxyl groups excluding tert-OH is 1. The minimum Gasteiger partial charge on any atom is -0.395 e. The van der Waals surface area contributed by atoms with Gasteiger partial charge in [-0.2, -0.15) is 5.26 Å². The molecule has 0 spiro atoms. The summed E-state index contributed by atoms with van der Waals surface area (Å²) in [6, 6.07) is 2.14. The molecule has 0 unspecified atom stereocenters. The Morgan fingerprint density at radius 3 is 2.31 bits per heavy atom. The first-order valence-corrected chi connectivity index (χ1v) is 7.02. The molecule has 0 saturated carbocycles. The lowest BCUT2D eigenvalue weighted by Gasteiger charge is -2.34. The zero-order valence-corrected chi connectivity index (χ0v) is 10.6. The van der Waals surface area contributed by atoms with Gasteiger partial charge in [-0.25, -0.2) is 0 Å². The third kappa shape index (κ3) is 5.71. The molecule has 4 nitrogen and oxygen atoms in total. The van der Waals surface area contributed by atoms with Crippen molar-refractivity contribution in [1.82, 2.24) is 9.80 Å². The van der Waals surface area contributed by atoms with Crippen LogP contribution in [0.15, 0.2) is 0 Å².